The first kappa shape index (κ1) is 12.5. The van der Waals surface area contributed by atoms with E-state index in [0.717, 1.165) is 12.8 Å². The molecule has 1 fully saturated rings. The van der Waals surface area contributed by atoms with Crippen LogP contribution in [0.5, 0.6) is 0 Å². The highest BCUT2D eigenvalue weighted by Gasteiger charge is 2.38. The first-order valence-corrected chi connectivity index (χ1v) is 5.07. The Morgan fingerprint density at radius 3 is 2.53 bits per heavy atom. The van der Waals surface area contributed by atoms with Gasteiger partial charge in [-0.15, -0.1) is 0 Å². The van der Waals surface area contributed by atoms with E-state index in [9.17, 15) is 18.0 Å². The third-order valence-electron chi connectivity index (χ3n) is 2.69. The Balaban J connectivity index is 2.45. The van der Waals surface area contributed by atoms with Crippen molar-refractivity contribution in [3.8, 4) is 0 Å². The summed E-state index contributed by atoms with van der Waals surface area (Å²) < 4.78 is 41.0. The summed E-state index contributed by atoms with van der Waals surface area (Å²) in [5.74, 6) is -0.431. The minimum atomic E-state index is -4.26. The van der Waals surface area contributed by atoms with Crippen molar-refractivity contribution in [1.29, 1.82) is 0 Å². The Kier molecular flexibility index (Phi) is 3.76. The van der Waals surface area contributed by atoms with Gasteiger partial charge in [0, 0.05) is 13.0 Å². The van der Waals surface area contributed by atoms with Gasteiger partial charge in [0.25, 0.3) is 0 Å². The number of hydrogen-bond acceptors (Lipinski definition) is 2. The lowest BCUT2D eigenvalue weighted by Crippen LogP contribution is -2.41. The molecule has 0 spiro atoms. The van der Waals surface area contributed by atoms with E-state index in [1.807, 2.05) is 0 Å². The minimum absolute atomic E-state index is 0.431. The second-order valence-corrected chi connectivity index (χ2v) is 4.07. The quantitative estimate of drug-likeness (QED) is 0.736. The van der Waals surface area contributed by atoms with E-state index in [2.05, 4.69) is 0 Å². The summed E-state index contributed by atoms with van der Waals surface area (Å²) in [7, 11) is 0. The van der Waals surface area contributed by atoms with Crippen LogP contribution in [0.25, 0.3) is 0 Å². The predicted octanol–water partition coefficient (Wildman–Crippen LogP) is 2.86. The number of ketones is 1. The Labute approximate surface area is 86.8 Å². The summed E-state index contributed by atoms with van der Waals surface area (Å²) >= 11 is 0. The van der Waals surface area contributed by atoms with Crippen molar-refractivity contribution in [2.45, 2.75) is 50.8 Å². The van der Waals surface area contributed by atoms with Crippen molar-refractivity contribution < 1.29 is 22.7 Å². The number of carbonyl (C=O) groups excluding carboxylic acids is 1. The first-order valence-electron chi connectivity index (χ1n) is 5.07. The number of rotatable bonds is 3. The Morgan fingerprint density at radius 1 is 1.40 bits per heavy atom. The molecule has 0 aromatic heterocycles. The van der Waals surface area contributed by atoms with Crippen LogP contribution in [-0.2, 0) is 9.53 Å². The van der Waals surface area contributed by atoms with Crippen LogP contribution in [0.15, 0.2) is 0 Å². The summed E-state index contributed by atoms with van der Waals surface area (Å²) in [6.45, 7) is 2.05. The van der Waals surface area contributed by atoms with Gasteiger partial charge in [-0.3, -0.25) is 4.79 Å². The van der Waals surface area contributed by atoms with E-state index >= 15 is 0 Å². The zero-order chi connectivity index (χ0) is 11.5. The molecule has 1 saturated heterocycles. The summed E-state index contributed by atoms with van der Waals surface area (Å²) in [5, 5.41) is 0. The minimum Gasteiger partial charge on any atom is -0.368 e. The molecule has 1 heterocycles. The molecule has 0 saturated carbocycles. The molecule has 0 bridgehead atoms. The number of alkyl halides is 3. The molecule has 2 nitrogen and oxygen atoms in total. The van der Waals surface area contributed by atoms with Gasteiger partial charge in [0.2, 0.25) is 0 Å². The van der Waals surface area contributed by atoms with Gasteiger partial charge >= 0.3 is 6.18 Å². The van der Waals surface area contributed by atoms with Crippen molar-refractivity contribution in [3.63, 3.8) is 0 Å². The third-order valence-corrected chi connectivity index (χ3v) is 2.69. The molecule has 1 unspecified atom stereocenters. The molecule has 15 heavy (non-hydrogen) atoms. The van der Waals surface area contributed by atoms with Crippen LogP contribution in [0.3, 0.4) is 0 Å². The van der Waals surface area contributed by atoms with Crippen LogP contribution < -0.4 is 0 Å². The molecule has 0 aliphatic carbocycles. The van der Waals surface area contributed by atoms with E-state index in [-0.39, 0.29) is 0 Å². The van der Waals surface area contributed by atoms with Crippen molar-refractivity contribution in [3.05, 3.63) is 0 Å². The molecule has 0 aromatic rings. The molecule has 0 aromatic carbocycles. The molecule has 1 atom stereocenters. The van der Waals surface area contributed by atoms with Gasteiger partial charge in [0.05, 0.1) is 6.42 Å². The second-order valence-electron chi connectivity index (χ2n) is 4.07. The molecular weight excluding hydrogens is 209 g/mol. The lowest BCUT2D eigenvalue weighted by atomic mass is 9.89. The van der Waals surface area contributed by atoms with Crippen molar-refractivity contribution in [2.75, 3.05) is 6.61 Å². The highest BCUT2D eigenvalue weighted by atomic mass is 19.4. The van der Waals surface area contributed by atoms with E-state index < -0.39 is 30.4 Å². The maximum Gasteiger partial charge on any atom is 0.389 e. The molecular formula is C10H15F3O2. The zero-order valence-electron chi connectivity index (χ0n) is 8.69. The highest BCUT2D eigenvalue weighted by molar-refractivity contribution is 5.87. The molecule has 0 radical (unpaired) electrons. The summed E-state index contributed by atoms with van der Waals surface area (Å²) in [6, 6.07) is 0. The van der Waals surface area contributed by atoms with Gasteiger partial charge < -0.3 is 4.74 Å². The average molecular weight is 224 g/mol. The first-order chi connectivity index (χ1) is 6.83. The maximum atomic E-state index is 11.9. The number of Topliss-reactive ketones (excluding diaryl/α,β-unsaturated/α-hetero) is 1. The lowest BCUT2D eigenvalue weighted by Gasteiger charge is -2.32. The fraction of sp³-hybridized carbons (Fsp3) is 0.900. The van der Waals surface area contributed by atoms with Crippen LogP contribution in [0.1, 0.15) is 39.0 Å². The number of hydrogen-bond donors (Lipinski definition) is 0. The zero-order valence-corrected chi connectivity index (χ0v) is 8.69. The fourth-order valence-electron chi connectivity index (χ4n) is 1.67. The van der Waals surface area contributed by atoms with E-state index in [4.69, 9.17) is 4.74 Å². The molecule has 0 N–H and O–H groups in total. The molecule has 88 valence electrons. The van der Waals surface area contributed by atoms with Crippen LogP contribution in [0.2, 0.25) is 0 Å². The predicted molar refractivity (Wildman–Crippen MR) is 48.5 cm³/mol. The number of ether oxygens (including phenoxy) is 1. The smallest absolute Gasteiger partial charge is 0.368 e. The molecule has 0 amide bonds. The van der Waals surface area contributed by atoms with Crippen LogP contribution in [-0.4, -0.2) is 24.2 Å². The summed E-state index contributed by atoms with van der Waals surface area (Å²) in [5.41, 5.74) is -0.983. The second kappa shape index (κ2) is 4.51. The van der Waals surface area contributed by atoms with Crippen LogP contribution in [0.4, 0.5) is 13.2 Å². The molecule has 1 aliphatic rings. The summed E-state index contributed by atoms with van der Waals surface area (Å²) in [4.78, 5) is 11.5. The van der Waals surface area contributed by atoms with Crippen LogP contribution in [0, 0.1) is 0 Å². The third kappa shape index (κ3) is 3.81. The van der Waals surface area contributed by atoms with Crippen molar-refractivity contribution in [1.82, 2.24) is 0 Å². The van der Waals surface area contributed by atoms with Gasteiger partial charge in [-0.1, -0.05) is 0 Å². The largest absolute Gasteiger partial charge is 0.389 e. The number of carbonyl (C=O) groups is 1. The number of halogens is 3. The Hall–Kier alpha value is -0.580. The van der Waals surface area contributed by atoms with Crippen molar-refractivity contribution >= 4 is 5.78 Å². The molecule has 1 rings (SSSR count). The van der Waals surface area contributed by atoms with Gasteiger partial charge in [-0.25, -0.2) is 0 Å². The highest BCUT2D eigenvalue weighted by Crippen LogP contribution is 2.29. The average Bonchev–Trinajstić information content (AvgIpc) is 2.14. The Bertz CT molecular complexity index is 229. The normalized spacial score (nSPS) is 27.7. The fourth-order valence-corrected chi connectivity index (χ4v) is 1.67. The van der Waals surface area contributed by atoms with E-state index in [0.29, 0.717) is 13.0 Å². The Morgan fingerprint density at radius 2 is 2.07 bits per heavy atom. The lowest BCUT2D eigenvalue weighted by molar-refractivity contribution is -0.159. The van der Waals surface area contributed by atoms with Gasteiger partial charge in [-0.05, 0) is 26.2 Å². The van der Waals surface area contributed by atoms with Gasteiger partial charge in [-0.2, -0.15) is 13.2 Å². The van der Waals surface area contributed by atoms with E-state index in [1.54, 1.807) is 6.92 Å². The van der Waals surface area contributed by atoms with E-state index in [1.165, 1.54) is 0 Å². The van der Waals surface area contributed by atoms with Crippen molar-refractivity contribution in [2.24, 2.45) is 0 Å². The maximum absolute atomic E-state index is 11.9. The topological polar surface area (TPSA) is 26.3 Å². The van der Waals surface area contributed by atoms with Gasteiger partial charge in [0.15, 0.2) is 5.78 Å². The SMILES string of the molecule is CC1(C(=O)CCC(F)(F)F)CCCCO1. The standard InChI is InChI=1S/C10H15F3O2/c1-9(5-2-3-7-15-9)8(14)4-6-10(11,12)13/h2-7H2,1H3. The molecule has 1 aliphatic heterocycles. The molecule has 5 heteroatoms. The monoisotopic (exact) mass is 224 g/mol. The van der Waals surface area contributed by atoms with Gasteiger partial charge in [0.1, 0.15) is 5.60 Å². The van der Waals surface area contributed by atoms with Crippen LogP contribution >= 0.6 is 0 Å². The summed E-state index contributed by atoms with van der Waals surface area (Å²) in [6.07, 6.45) is -3.54.